The Balaban J connectivity index is 1.65. The molecule has 7 nitrogen and oxygen atoms in total. The summed E-state index contributed by atoms with van der Waals surface area (Å²) < 4.78 is 104. The zero-order chi connectivity index (χ0) is 25.1. The molecule has 4 rings (SSSR count). The van der Waals surface area contributed by atoms with Crippen molar-refractivity contribution in [3.05, 3.63) is 42.9 Å². The number of rotatable bonds is 4. The maximum absolute atomic E-state index is 13.4. The van der Waals surface area contributed by atoms with Crippen molar-refractivity contribution in [3.63, 3.8) is 0 Å². The van der Waals surface area contributed by atoms with Gasteiger partial charge in [-0.2, -0.15) is 45.3 Å². The van der Waals surface area contributed by atoms with Gasteiger partial charge in [-0.3, -0.25) is 9.48 Å². The average molecular weight is 492 g/mol. The highest BCUT2D eigenvalue weighted by Gasteiger charge is 2.57. The molecular weight excluding hydrogens is 480 g/mol. The van der Waals surface area contributed by atoms with Crippen LogP contribution in [0.2, 0.25) is 0 Å². The second-order valence-corrected chi connectivity index (χ2v) is 7.28. The van der Waals surface area contributed by atoms with Crippen LogP contribution in [-0.4, -0.2) is 55.8 Å². The zero-order valence-electron chi connectivity index (χ0n) is 16.9. The highest BCUT2D eigenvalue weighted by molar-refractivity contribution is 5.98. The largest absolute Gasteiger partial charge is 0.471 e. The predicted octanol–water partition coefficient (Wildman–Crippen LogP) is 4.49. The van der Waals surface area contributed by atoms with Gasteiger partial charge < -0.3 is 4.90 Å². The van der Waals surface area contributed by atoms with Crippen LogP contribution in [0.3, 0.4) is 0 Å². The molecular formula is C19H12F8N6O. The first kappa shape index (κ1) is 23.4. The monoisotopic (exact) mass is 492 g/mol. The van der Waals surface area contributed by atoms with Crippen molar-refractivity contribution in [2.24, 2.45) is 0 Å². The van der Waals surface area contributed by atoms with Crippen LogP contribution in [-0.2, 0) is 11.3 Å². The van der Waals surface area contributed by atoms with E-state index in [9.17, 15) is 39.9 Å². The number of fused-ring (bicyclic) bond motifs is 2. The van der Waals surface area contributed by atoms with Gasteiger partial charge in [-0.05, 0) is 24.3 Å². The molecule has 4 aromatic rings. The van der Waals surface area contributed by atoms with E-state index >= 15 is 0 Å². The van der Waals surface area contributed by atoms with Crippen LogP contribution in [0.25, 0.3) is 27.6 Å². The smallest absolute Gasteiger partial charge is 0.308 e. The van der Waals surface area contributed by atoms with Gasteiger partial charge in [0, 0.05) is 29.7 Å². The van der Waals surface area contributed by atoms with Gasteiger partial charge in [-0.1, -0.05) is 0 Å². The molecule has 0 aliphatic carbocycles. The summed E-state index contributed by atoms with van der Waals surface area (Å²) in [6, 6.07) is 5.32. The number of anilines is 1. The first-order valence-electron chi connectivity index (χ1n) is 9.28. The van der Waals surface area contributed by atoms with Crippen molar-refractivity contribution in [1.82, 2.24) is 24.5 Å². The summed E-state index contributed by atoms with van der Waals surface area (Å²) in [6.45, 7) is -1.72. The molecule has 3 heterocycles. The molecule has 1 amide bonds. The number of halogens is 8. The number of carbonyl (C=O) groups is 1. The molecule has 1 aromatic carbocycles. The van der Waals surface area contributed by atoms with E-state index in [1.807, 2.05) is 0 Å². The van der Waals surface area contributed by atoms with Crippen molar-refractivity contribution in [3.8, 4) is 5.82 Å². The van der Waals surface area contributed by atoms with Crippen LogP contribution < -0.4 is 4.90 Å². The van der Waals surface area contributed by atoms with Gasteiger partial charge >= 0.3 is 24.2 Å². The maximum atomic E-state index is 13.4. The second-order valence-electron chi connectivity index (χ2n) is 7.28. The number of nitrogens with zero attached hydrogens (tertiary/aromatic N) is 6. The fourth-order valence-corrected chi connectivity index (χ4v) is 3.13. The lowest BCUT2D eigenvalue weighted by Gasteiger charge is -2.19. The fraction of sp³-hybridized carbons (Fsp3) is 0.263. The molecule has 0 fully saturated rings. The van der Waals surface area contributed by atoms with Crippen molar-refractivity contribution < 1.29 is 39.9 Å². The van der Waals surface area contributed by atoms with E-state index in [0.29, 0.717) is 15.0 Å². The molecule has 180 valence electrons. The van der Waals surface area contributed by atoms with E-state index in [4.69, 9.17) is 0 Å². The summed E-state index contributed by atoms with van der Waals surface area (Å²) in [5.41, 5.74) is 0.0936. The number of carbonyl (C=O) groups excluding carboxylic acids is 1. The molecule has 0 saturated carbocycles. The Morgan fingerprint density at radius 1 is 1.00 bits per heavy atom. The van der Waals surface area contributed by atoms with Crippen molar-refractivity contribution in [1.29, 1.82) is 0 Å². The minimum Gasteiger partial charge on any atom is -0.308 e. The maximum Gasteiger partial charge on any atom is 0.471 e. The van der Waals surface area contributed by atoms with Crippen LogP contribution in [0.5, 0.6) is 0 Å². The molecule has 0 N–H and O–H groups in total. The van der Waals surface area contributed by atoms with Crippen molar-refractivity contribution >= 4 is 33.4 Å². The Hall–Kier alpha value is -3.78. The first-order chi connectivity index (χ1) is 15.7. The molecule has 0 aliphatic heterocycles. The predicted molar refractivity (Wildman–Crippen MR) is 103 cm³/mol. The Labute approximate surface area is 184 Å². The van der Waals surface area contributed by atoms with Crippen molar-refractivity contribution in [2.75, 3.05) is 11.9 Å². The minimum atomic E-state index is -5.74. The molecule has 3 aromatic heterocycles. The molecule has 0 atom stereocenters. The van der Waals surface area contributed by atoms with Gasteiger partial charge in [0.25, 0.3) is 0 Å². The van der Waals surface area contributed by atoms with Gasteiger partial charge in [0.2, 0.25) is 0 Å². The van der Waals surface area contributed by atoms with E-state index in [1.165, 1.54) is 35.1 Å². The van der Waals surface area contributed by atoms with E-state index in [1.54, 1.807) is 0 Å². The summed E-state index contributed by atoms with van der Waals surface area (Å²) >= 11 is 0. The summed E-state index contributed by atoms with van der Waals surface area (Å²) in [6.07, 6.45) is -7.19. The fourth-order valence-electron chi connectivity index (χ4n) is 3.13. The molecule has 0 spiro atoms. The Morgan fingerprint density at radius 3 is 2.35 bits per heavy atom. The molecule has 0 bridgehead atoms. The Morgan fingerprint density at radius 2 is 1.71 bits per heavy atom. The lowest BCUT2D eigenvalue weighted by Crippen LogP contribution is -2.40. The lowest BCUT2D eigenvalue weighted by atomic mass is 10.2. The van der Waals surface area contributed by atoms with Crippen LogP contribution in [0.15, 0.2) is 42.9 Å². The number of hydrogen-bond acceptors (Lipinski definition) is 4. The summed E-state index contributed by atoms with van der Waals surface area (Å²) in [5, 5.41) is 8.46. The van der Waals surface area contributed by atoms with E-state index in [-0.39, 0.29) is 27.9 Å². The van der Waals surface area contributed by atoms with Gasteiger partial charge in [0.15, 0.2) is 5.82 Å². The quantitative estimate of drug-likeness (QED) is 0.394. The first-order valence-corrected chi connectivity index (χ1v) is 9.28. The Bertz CT molecular complexity index is 1390. The van der Waals surface area contributed by atoms with Crippen molar-refractivity contribution in [2.45, 2.75) is 24.8 Å². The number of pyridine rings is 1. The summed E-state index contributed by atoms with van der Waals surface area (Å²) in [7, 11) is 0.962. The highest BCUT2D eigenvalue weighted by Crippen LogP contribution is 2.37. The summed E-state index contributed by atoms with van der Waals surface area (Å²) in [4.78, 5) is 15.9. The number of amides is 1. The van der Waals surface area contributed by atoms with Crippen LogP contribution in [0.1, 0.15) is 0 Å². The summed E-state index contributed by atoms with van der Waals surface area (Å²) in [5.74, 6) is -6.92. The molecule has 0 unspecified atom stereocenters. The number of alkyl halides is 8. The standard InChI is InChI=1S/C19H12F8N6O/c1-31(16(34)18(22,23)24)12-3-2-10-8-32(30-13(10)5-12)15-4-11-6-29-33(14(11)7-28-15)9-17(20,21)19(25,26)27/h2-8H,9H2,1H3. The number of hydrogen-bond donors (Lipinski definition) is 0. The van der Waals surface area contributed by atoms with Gasteiger partial charge in [-0.25, -0.2) is 9.67 Å². The van der Waals surface area contributed by atoms with E-state index < -0.39 is 30.7 Å². The molecule has 0 radical (unpaired) electrons. The third-order valence-corrected chi connectivity index (χ3v) is 4.94. The minimum absolute atomic E-state index is 0.0599. The Kier molecular flexibility index (Phi) is 5.25. The third-order valence-electron chi connectivity index (χ3n) is 4.94. The molecule has 0 aliphatic rings. The average Bonchev–Trinajstić information content (AvgIpc) is 3.34. The number of aromatic nitrogens is 5. The number of benzene rings is 1. The molecule has 15 heteroatoms. The van der Waals surface area contributed by atoms with E-state index in [0.717, 1.165) is 19.4 Å². The third kappa shape index (κ3) is 4.12. The normalized spacial score (nSPS) is 13.1. The van der Waals surface area contributed by atoms with Crippen LogP contribution >= 0.6 is 0 Å². The van der Waals surface area contributed by atoms with Crippen LogP contribution in [0, 0.1) is 0 Å². The van der Waals surface area contributed by atoms with E-state index in [2.05, 4.69) is 15.2 Å². The topological polar surface area (TPSA) is 68.8 Å². The molecule has 34 heavy (non-hydrogen) atoms. The van der Waals surface area contributed by atoms with Gasteiger partial charge in [-0.15, -0.1) is 0 Å². The lowest BCUT2D eigenvalue weighted by molar-refractivity contribution is -0.287. The van der Waals surface area contributed by atoms with Gasteiger partial charge in [0.05, 0.1) is 23.4 Å². The van der Waals surface area contributed by atoms with Crippen LogP contribution in [0.4, 0.5) is 40.8 Å². The molecule has 0 saturated heterocycles. The SMILES string of the molecule is CN(C(=O)C(F)(F)F)c1ccc2cn(-c3cc4cnn(CC(F)(F)C(F)(F)F)c4cn3)nc2c1. The highest BCUT2D eigenvalue weighted by atomic mass is 19.4. The zero-order valence-corrected chi connectivity index (χ0v) is 16.9. The second kappa shape index (κ2) is 7.63. The van der Waals surface area contributed by atoms with Gasteiger partial charge in [0.1, 0.15) is 6.54 Å².